The number of halogens is 2. The lowest BCUT2D eigenvalue weighted by Crippen LogP contribution is -1.84. The Morgan fingerprint density at radius 1 is 0.938 bits per heavy atom. The minimum absolute atomic E-state index is 0. The van der Waals surface area contributed by atoms with Gasteiger partial charge in [0, 0.05) is 29.2 Å². The fourth-order valence-corrected chi connectivity index (χ4v) is 1.87. The molecule has 0 fully saturated rings. The van der Waals surface area contributed by atoms with Gasteiger partial charge in [0.15, 0.2) is 0 Å². The Labute approximate surface area is 112 Å². The summed E-state index contributed by atoms with van der Waals surface area (Å²) in [5, 5.41) is 0. The molecule has 16 heavy (non-hydrogen) atoms. The zero-order valence-electron chi connectivity index (χ0n) is 8.45. The third-order valence-electron chi connectivity index (χ3n) is 1.76. The Morgan fingerprint density at radius 2 is 1.69 bits per heavy atom. The Balaban J connectivity index is 0.00000112. The second kappa shape index (κ2) is 8.39. The molecular formula is C11H12Cl2N2S. The number of hydrogen-bond donors (Lipinski definition) is 0. The second-order valence-corrected chi connectivity index (χ2v) is 3.84. The van der Waals surface area contributed by atoms with Crippen LogP contribution in [-0.2, 0) is 5.75 Å². The van der Waals surface area contributed by atoms with Crippen molar-refractivity contribution in [3.05, 3.63) is 54.6 Å². The van der Waals surface area contributed by atoms with E-state index in [9.17, 15) is 0 Å². The first-order valence-corrected chi connectivity index (χ1v) is 5.36. The molecule has 0 unspecified atom stereocenters. The van der Waals surface area contributed by atoms with Crippen molar-refractivity contribution in [1.82, 2.24) is 9.97 Å². The molecule has 0 aliphatic carbocycles. The molecule has 2 nitrogen and oxygen atoms in total. The Kier molecular flexibility index (Phi) is 7.99. The average Bonchev–Trinajstić information content (AvgIpc) is 2.29. The molecule has 0 aliphatic rings. The molecule has 0 N–H and O–H groups in total. The van der Waals surface area contributed by atoms with E-state index in [4.69, 9.17) is 0 Å². The average molecular weight is 275 g/mol. The van der Waals surface area contributed by atoms with Crippen molar-refractivity contribution in [3.8, 4) is 0 Å². The molecule has 0 aromatic carbocycles. The SMILES string of the molecule is Cl.Cl.c1ccc(CSc2ccncc2)nc1. The number of hydrogen-bond acceptors (Lipinski definition) is 3. The number of pyridine rings is 2. The molecule has 5 heteroatoms. The smallest absolute Gasteiger partial charge is 0.0506 e. The summed E-state index contributed by atoms with van der Waals surface area (Å²) in [5.74, 6) is 0.908. The largest absolute Gasteiger partial charge is 0.265 e. The first-order valence-electron chi connectivity index (χ1n) is 4.38. The highest BCUT2D eigenvalue weighted by molar-refractivity contribution is 7.98. The third kappa shape index (κ3) is 4.84. The van der Waals surface area contributed by atoms with E-state index in [1.165, 1.54) is 4.90 Å². The summed E-state index contributed by atoms with van der Waals surface area (Å²) in [5.41, 5.74) is 1.11. The number of aromatic nitrogens is 2. The molecule has 86 valence electrons. The van der Waals surface area contributed by atoms with Crippen molar-refractivity contribution < 1.29 is 0 Å². The first-order chi connectivity index (χ1) is 6.95. The van der Waals surface area contributed by atoms with Crippen molar-refractivity contribution in [2.24, 2.45) is 0 Å². The molecule has 0 amide bonds. The first kappa shape index (κ1) is 15.2. The van der Waals surface area contributed by atoms with Crippen LogP contribution in [0.5, 0.6) is 0 Å². The molecule has 0 spiro atoms. The van der Waals surface area contributed by atoms with Crippen LogP contribution < -0.4 is 0 Å². The van der Waals surface area contributed by atoms with Gasteiger partial charge >= 0.3 is 0 Å². The van der Waals surface area contributed by atoms with Crippen LogP contribution in [0.1, 0.15) is 5.69 Å². The Hall–Kier alpha value is -0.770. The van der Waals surface area contributed by atoms with Gasteiger partial charge in [-0.2, -0.15) is 0 Å². The van der Waals surface area contributed by atoms with Gasteiger partial charge in [-0.25, -0.2) is 0 Å². The second-order valence-electron chi connectivity index (χ2n) is 2.79. The van der Waals surface area contributed by atoms with E-state index in [-0.39, 0.29) is 24.8 Å². The molecular weight excluding hydrogens is 263 g/mol. The molecule has 2 aromatic rings. The van der Waals surface area contributed by atoms with Gasteiger partial charge in [-0.05, 0) is 24.3 Å². The maximum absolute atomic E-state index is 4.26. The lowest BCUT2D eigenvalue weighted by Gasteiger charge is -1.99. The van der Waals surface area contributed by atoms with Crippen LogP contribution in [0.25, 0.3) is 0 Å². The molecule has 0 saturated carbocycles. The van der Waals surface area contributed by atoms with Gasteiger partial charge in [-0.1, -0.05) is 6.07 Å². The topological polar surface area (TPSA) is 25.8 Å². The number of rotatable bonds is 3. The summed E-state index contributed by atoms with van der Waals surface area (Å²) in [6.45, 7) is 0. The summed E-state index contributed by atoms with van der Waals surface area (Å²) in [4.78, 5) is 9.46. The van der Waals surface area contributed by atoms with Crippen LogP contribution in [0.3, 0.4) is 0 Å². The van der Waals surface area contributed by atoms with E-state index in [0.717, 1.165) is 11.4 Å². The highest BCUT2D eigenvalue weighted by atomic mass is 35.5. The Bertz CT molecular complexity index is 344. The van der Waals surface area contributed by atoms with E-state index < -0.39 is 0 Å². The van der Waals surface area contributed by atoms with Gasteiger partial charge < -0.3 is 0 Å². The van der Waals surface area contributed by atoms with E-state index >= 15 is 0 Å². The lowest BCUT2D eigenvalue weighted by molar-refractivity contribution is 1.17. The van der Waals surface area contributed by atoms with Gasteiger partial charge in [0.05, 0.1) is 5.69 Å². The van der Waals surface area contributed by atoms with Gasteiger partial charge in [0.1, 0.15) is 0 Å². The highest BCUT2D eigenvalue weighted by Gasteiger charge is 1.95. The van der Waals surface area contributed by atoms with Crippen molar-refractivity contribution in [2.75, 3.05) is 0 Å². The zero-order chi connectivity index (χ0) is 9.64. The summed E-state index contributed by atoms with van der Waals surface area (Å²) >= 11 is 1.77. The summed E-state index contributed by atoms with van der Waals surface area (Å²) in [7, 11) is 0. The Morgan fingerprint density at radius 3 is 2.31 bits per heavy atom. The maximum atomic E-state index is 4.26. The lowest BCUT2D eigenvalue weighted by atomic mass is 10.4. The van der Waals surface area contributed by atoms with Gasteiger partial charge in [-0.3, -0.25) is 9.97 Å². The van der Waals surface area contributed by atoms with Crippen molar-refractivity contribution in [2.45, 2.75) is 10.6 Å². The van der Waals surface area contributed by atoms with Crippen LogP contribution >= 0.6 is 36.6 Å². The highest BCUT2D eigenvalue weighted by Crippen LogP contribution is 2.20. The minimum Gasteiger partial charge on any atom is -0.265 e. The minimum atomic E-state index is 0. The van der Waals surface area contributed by atoms with Crippen molar-refractivity contribution in [1.29, 1.82) is 0 Å². The van der Waals surface area contributed by atoms with Crippen molar-refractivity contribution >= 4 is 36.6 Å². The van der Waals surface area contributed by atoms with Gasteiger partial charge in [0.25, 0.3) is 0 Å². The zero-order valence-corrected chi connectivity index (χ0v) is 10.9. The van der Waals surface area contributed by atoms with Crippen LogP contribution in [0, 0.1) is 0 Å². The number of nitrogens with zero attached hydrogens (tertiary/aromatic N) is 2. The fourth-order valence-electron chi connectivity index (χ4n) is 1.08. The van der Waals surface area contributed by atoms with Gasteiger partial charge in [-0.15, -0.1) is 36.6 Å². The van der Waals surface area contributed by atoms with E-state index in [1.807, 2.05) is 36.5 Å². The quantitative estimate of drug-likeness (QED) is 0.800. The van der Waals surface area contributed by atoms with E-state index in [1.54, 1.807) is 24.2 Å². The third-order valence-corrected chi connectivity index (χ3v) is 2.81. The predicted molar refractivity (Wildman–Crippen MR) is 72.5 cm³/mol. The van der Waals surface area contributed by atoms with Crippen LogP contribution in [0.15, 0.2) is 53.8 Å². The summed E-state index contributed by atoms with van der Waals surface area (Å²) < 4.78 is 0. The van der Waals surface area contributed by atoms with E-state index in [0.29, 0.717) is 0 Å². The summed E-state index contributed by atoms with van der Waals surface area (Å²) in [6, 6.07) is 9.99. The predicted octanol–water partition coefficient (Wildman–Crippen LogP) is 3.61. The molecule has 0 atom stereocenters. The fraction of sp³-hybridized carbons (Fsp3) is 0.0909. The number of thioether (sulfide) groups is 1. The van der Waals surface area contributed by atoms with Gasteiger partial charge in [0.2, 0.25) is 0 Å². The molecule has 2 rings (SSSR count). The van der Waals surface area contributed by atoms with Crippen LogP contribution in [0.2, 0.25) is 0 Å². The standard InChI is InChI=1S/C11H10N2S.2ClH/c1-2-6-13-10(3-1)9-14-11-4-7-12-8-5-11;;/h1-8H,9H2;2*1H. The molecule has 2 aromatic heterocycles. The van der Waals surface area contributed by atoms with Crippen molar-refractivity contribution in [3.63, 3.8) is 0 Å². The van der Waals surface area contributed by atoms with Crippen LogP contribution in [-0.4, -0.2) is 9.97 Å². The van der Waals surface area contributed by atoms with Crippen LogP contribution in [0.4, 0.5) is 0 Å². The van der Waals surface area contributed by atoms with E-state index in [2.05, 4.69) is 9.97 Å². The molecule has 2 heterocycles. The normalized spacial score (nSPS) is 8.75. The molecule has 0 saturated heterocycles. The maximum Gasteiger partial charge on any atom is 0.0506 e. The molecule has 0 bridgehead atoms. The summed E-state index contributed by atoms with van der Waals surface area (Å²) in [6.07, 6.45) is 5.43. The molecule has 0 radical (unpaired) electrons. The molecule has 0 aliphatic heterocycles. The monoisotopic (exact) mass is 274 g/mol.